The number of hydrogen-bond donors (Lipinski definition) is 2. The van der Waals surface area contributed by atoms with Crippen molar-refractivity contribution < 1.29 is 13.9 Å². The van der Waals surface area contributed by atoms with Gasteiger partial charge in [0.2, 0.25) is 11.6 Å². The highest BCUT2D eigenvalue weighted by Crippen LogP contribution is 2.43. The maximum Gasteiger partial charge on any atom is 0.250 e. The molecule has 7 nitrogen and oxygen atoms in total. The fourth-order valence-electron chi connectivity index (χ4n) is 4.84. The lowest BCUT2D eigenvalue weighted by Crippen LogP contribution is -2.19. The number of nitrogens with one attached hydrogen (secondary N) is 2. The third-order valence-electron chi connectivity index (χ3n) is 6.61. The standard InChI is InChI=1S/C29H32N4O3/c1-2-35-18-24(34)32-23-16-14-21(15-17-23)27-25(20-10-6-5-7-11-20)26-28(30-19-31-29(26)36-27)33-22-12-8-3-4-9-13-22/h5-7,10-11,14-17,19,22H,2-4,8-9,12-13,18H2,1H3,(H,32,34)(H,30,31,33). The number of aromatic nitrogens is 2. The van der Waals surface area contributed by atoms with E-state index in [1.807, 2.05) is 49.4 Å². The molecule has 0 saturated heterocycles. The molecule has 0 radical (unpaired) electrons. The number of fused-ring (bicyclic) bond motifs is 1. The van der Waals surface area contributed by atoms with Gasteiger partial charge in [-0.05, 0) is 49.6 Å². The highest BCUT2D eigenvalue weighted by molar-refractivity contribution is 6.06. The maximum atomic E-state index is 12.0. The fourth-order valence-corrected chi connectivity index (χ4v) is 4.84. The molecule has 4 aromatic rings. The number of ether oxygens (including phenoxy) is 1. The summed E-state index contributed by atoms with van der Waals surface area (Å²) in [5.41, 5.74) is 4.17. The Morgan fingerprint density at radius 1 is 0.972 bits per heavy atom. The molecule has 5 rings (SSSR count). The van der Waals surface area contributed by atoms with E-state index in [2.05, 4.69) is 32.7 Å². The minimum absolute atomic E-state index is 0.0371. The molecule has 36 heavy (non-hydrogen) atoms. The second-order valence-corrected chi connectivity index (χ2v) is 9.17. The van der Waals surface area contributed by atoms with E-state index in [0.29, 0.717) is 24.0 Å². The van der Waals surface area contributed by atoms with Gasteiger partial charge in [-0.1, -0.05) is 56.0 Å². The van der Waals surface area contributed by atoms with Crippen molar-refractivity contribution in [3.05, 3.63) is 60.9 Å². The van der Waals surface area contributed by atoms with Crippen molar-refractivity contribution in [2.75, 3.05) is 23.8 Å². The van der Waals surface area contributed by atoms with Crippen molar-refractivity contribution >= 4 is 28.5 Å². The molecule has 2 heterocycles. The van der Waals surface area contributed by atoms with Crippen LogP contribution in [0.3, 0.4) is 0 Å². The molecule has 2 N–H and O–H groups in total. The summed E-state index contributed by atoms with van der Waals surface area (Å²) >= 11 is 0. The number of carbonyl (C=O) groups excluding carboxylic acids is 1. The second kappa shape index (κ2) is 11.4. The van der Waals surface area contributed by atoms with Gasteiger partial charge in [-0.25, -0.2) is 9.97 Å². The number of hydrogen-bond acceptors (Lipinski definition) is 6. The summed E-state index contributed by atoms with van der Waals surface area (Å²) < 4.78 is 11.6. The Morgan fingerprint density at radius 3 is 2.44 bits per heavy atom. The molecular weight excluding hydrogens is 452 g/mol. The van der Waals surface area contributed by atoms with Gasteiger partial charge in [-0.15, -0.1) is 0 Å². The van der Waals surface area contributed by atoms with Crippen LogP contribution in [0, 0.1) is 0 Å². The summed E-state index contributed by atoms with van der Waals surface area (Å²) in [4.78, 5) is 21.2. The Bertz CT molecular complexity index is 1290. The molecule has 186 valence electrons. The van der Waals surface area contributed by atoms with E-state index < -0.39 is 0 Å². The van der Waals surface area contributed by atoms with E-state index in [1.54, 1.807) is 6.33 Å². The summed E-state index contributed by atoms with van der Waals surface area (Å²) in [7, 11) is 0. The molecule has 2 aromatic carbocycles. The molecule has 1 saturated carbocycles. The van der Waals surface area contributed by atoms with E-state index >= 15 is 0 Å². The largest absolute Gasteiger partial charge is 0.437 e. The molecule has 0 unspecified atom stereocenters. The maximum absolute atomic E-state index is 12.0. The third-order valence-corrected chi connectivity index (χ3v) is 6.61. The number of carbonyl (C=O) groups is 1. The number of amides is 1. The van der Waals surface area contributed by atoms with E-state index in [9.17, 15) is 4.79 Å². The quantitative estimate of drug-likeness (QED) is 0.272. The van der Waals surface area contributed by atoms with E-state index in [0.717, 1.165) is 46.5 Å². The predicted molar refractivity (Wildman–Crippen MR) is 143 cm³/mol. The van der Waals surface area contributed by atoms with Crippen LogP contribution in [0.2, 0.25) is 0 Å². The second-order valence-electron chi connectivity index (χ2n) is 9.17. The van der Waals surface area contributed by atoms with Gasteiger partial charge in [0.15, 0.2) is 0 Å². The first-order valence-corrected chi connectivity index (χ1v) is 12.8. The van der Waals surface area contributed by atoms with Gasteiger partial charge in [0.1, 0.15) is 24.5 Å². The van der Waals surface area contributed by atoms with Crippen molar-refractivity contribution in [3.63, 3.8) is 0 Å². The molecule has 1 aliphatic rings. The lowest BCUT2D eigenvalue weighted by molar-refractivity contribution is -0.120. The van der Waals surface area contributed by atoms with Crippen LogP contribution in [0.25, 0.3) is 33.6 Å². The number of furan rings is 1. The fraction of sp³-hybridized carbons (Fsp3) is 0.345. The van der Waals surface area contributed by atoms with Crippen molar-refractivity contribution in [3.8, 4) is 22.5 Å². The highest BCUT2D eigenvalue weighted by Gasteiger charge is 2.23. The summed E-state index contributed by atoms with van der Waals surface area (Å²) in [6, 6.07) is 18.3. The monoisotopic (exact) mass is 484 g/mol. The van der Waals surface area contributed by atoms with Crippen molar-refractivity contribution in [1.82, 2.24) is 9.97 Å². The van der Waals surface area contributed by atoms with Gasteiger partial charge in [0, 0.05) is 29.5 Å². The molecule has 1 amide bonds. The summed E-state index contributed by atoms with van der Waals surface area (Å²) in [5.74, 6) is 1.37. The van der Waals surface area contributed by atoms with Crippen LogP contribution < -0.4 is 10.6 Å². The van der Waals surface area contributed by atoms with Crippen LogP contribution in [-0.2, 0) is 9.53 Å². The van der Waals surface area contributed by atoms with Crippen LogP contribution >= 0.6 is 0 Å². The number of nitrogens with zero attached hydrogens (tertiary/aromatic N) is 2. The summed E-state index contributed by atoms with van der Waals surface area (Å²) in [5, 5.41) is 7.48. The zero-order chi connectivity index (χ0) is 24.7. The minimum atomic E-state index is -0.178. The first kappa shape index (κ1) is 24.0. The summed E-state index contributed by atoms with van der Waals surface area (Å²) in [6.45, 7) is 2.40. The zero-order valence-electron chi connectivity index (χ0n) is 20.6. The Hall–Kier alpha value is -3.71. The van der Waals surface area contributed by atoms with Crippen LogP contribution in [0.15, 0.2) is 65.3 Å². The molecule has 0 spiro atoms. The van der Waals surface area contributed by atoms with Gasteiger partial charge in [-0.3, -0.25) is 4.79 Å². The average molecular weight is 485 g/mol. The highest BCUT2D eigenvalue weighted by atomic mass is 16.5. The Balaban J connectivity index is 1.53. The normalized spacial score (nSPS) is 14.5. The molecular formula is C29H32N4O3. The van der Waals surface area contributed by atoms with Gasteiger partial charge in [-0.2, -0.15) is 0 Å². The Labute approximate surface area is 211 Å². The van der Waals surface area contributed by atoms with Gasteiger partial charge in [0.05, 0.1) is 5.39 Å². The SMILES string of the molecule is CCOCC(=O)Nc1ccc(-c2oc3ncnc(NC4CCCCCC4)c3c2-c2ccccc2)cc1. The number of benzene rings is 2. The van der Waals surface area contributed by atoms with Gasteiger partial charge < -0.3 is 19.8 Å². The Morgan fingerprint density at radius 2 is 1.72 bits per heavy atom. The van der Waals surface area contributed by atoms with E-state index in [1.165, 1.54) is 25.7 Å². The Kier molecular flexibility index (Phi) is 7.57. The van der Waals surface area contributed by atoms with E-state index in [4.69, 9.17) is 9.15 Å². The van der Waals surface area contributed by atoms with Crippen molar-refractivity contribution in [2.45, 2.75) is 51.5 Å². The molecule has 1 fully saturated rings. The van der Waals surface area contributed by atoms with Gasteiger partial charge >= 0.3 is 0 Å². The van der Waals surface area contributed by atoms with Crippen LogP contribution in [-0.4, -0.2) is 35.1 Å². The minimum Gasteiger partial charge on any atom is -0.437 e. The molecule has 0 bridgehead atoms. The third kappa shape index (κ3) is 5.41. The summed E-state index contributed by atoms with van der Waals surface area (Å²) in [6.07, 6.45) is 8.93. The first-order valence-electron chi connectivity index (χ1n) is 12.8. The van der Waals surface area contributed by atoms with Crippen molar-refractivity contribution in [1.29, 1.82) is 0 Å². The van der Waals surface area contributed by atoms with E-state index in [-0.39, 0.29) is 12.5 Å². The predicted octanol–water partition coefficient (Wildman–Crippen LogP) is 6.67. The van der Waals surface area contributed by atoms with Gasteiger partial charge in [0.25, 0.3) is 0 Å². The lowest BCUT2D eigenvalue weighted by atomic mass is 9.99. The lowest BCUT2D eigenvalue weighted by Gasteiger charge is -2.17. The first-order chi connectivity index (χ1) is 17.7. The molecule has 7 heteroatoms. The number of rotatable bonds is 8. The van der Waals surface area contributed by atoms with Crippen LogP contribution in [0.4, 0.5) is 11.5 Å². The number of anilines is 2. The average Bonchev–Trinajstić information content (AvgIpc) is 3.12. The smallest absolute Gasteiger partial charge is 0.250 e. The molecule has 2 aromatic heterocycles. The zero-order valence-corrected chi connectivity index (χ0v) is 20.6. The van der Waals surface area contributed by atoms with Crippen LogP contribution in [0.5, 0.6) is 0 Å². The molecule has 1 aliphatic carbocycles. The topological polar surface area (TPSA) is 89.3 Å². The molecule has 0 atom stereocenters. The molecule has 0 aliphatic heterocycles. The van der Waals surface area contributed by atoms with Crippen molar-refractivity contribution in [2.24, 2.45) is 0 Å². The van der Waals surface area contributed by atoms with Crippen LogP contribution in [0.1, 0.15) is 45.4 Å².